The van der Waals surface area contributed by atoms with Crippen LogP contribution in [0.4, 0.5) is 5.82 Å². The zero-order valence-corrected chi connectivity index (χ0v) is 15.9. The van der Waals surface area contributed by atoms with Crippen LogP contribution in [-0.4, -0.2) is 56.6 Å². The number of rotatable bonds is 4. The van der Waals surface area contributed by atoms with E-state index in [-0.39, 0.29) is 5.91 Å². The first kappa shape index (κ1) is 17.7. The molecule has 1 saturated heterocycles. The zero-order valence-electron chi connectivity index (χ0n) is 15.2. The summed E-state index contributed by atoms with van der Waals surface area (Å²) in [5.74, 6) is 1.84. The van der Waals surface area contributed by atoms with E-state index in [2.05, 4.69) is 20.1 Å². The van der Waals surface area contributed by atoms with Gasteiger partial charge in [-0.3, -0.25) is 9.20 Å². The third-order valence-corrected chi connectivity index (χ3v) is 5.16. The summed E-state index contributed by atoms with van der Waals surface area (Å²) in [6.07, 6.45) is 4.84. The lowest BCUT2D eigenvalue weighted by molar-refractivity contribution is -0.131. The molecule has 0 saturated carbocycles. The van der Waals surface area contributed by atoms with Gasteiger partial charge in [0.05, 0.1) is 0 Å². The summed E-state index contributed by atoms with van der Waals surface area (Å²) in [6, 6.07) is 7.68. The Balaban J connectivity index is 1.36. The van der Waals surface area contributed by atoms with Crippen LogP contribution in [0.3, 0.4) is 0 Å². The molecular weight excluding hydrogens is 364 g/mol. The number of benzene rings is 1. The largest absolute Gasteiger partial charge is 0.350 e. The normalized spacial score (nSPS) is 14.7. The number of halogens is 1. The number of fused-ring (bicyclic) bond motifs is 1. The smallest absolute Gasteiger partial charge is 0.223 e. The molecular formula is C19H21ClN6O. The number of anilines is 1. The highest BCUT2D eigenvalue weighted by atomic mass is 35.5. The number of carbonyl (C=O) groups excluding carboxylic acids is 1. The van der Waals surface area contributed by atoms with Gasteiger partial charge in [0.2, 0.25) is 11.6 Å². The fourth-order valence-corrected chi connectivity index (χ4v) is 3.63. The third-order valence-electron chi connectivity index (χ3n) is 4.93. The van der Waals surface area contributed by atoms with Gasteiger partial charge in [0.1, 0.15) is 5.82 Å². The Morgan fingerprint density at radius 3 is 2.78 bits per heavy atom. The van der Waals surface area contributed by atoms with Crippen LogP contribution in [0.5, 0.6) is 0 Å². The van der Waals surface area contributed by atoms with Crippen molar-refractivity contribution >= 4 is 29.0 Å². The lowest BCUT2D eigenvalue weighted by atomic mass is 10.1. The lowest BCUT2D eigenvalue weighted by Gasteiger charge is -2.35. The van der Waals surface area contributed by atoms with Crippen LogP contribution in [0.15, 0.2) is 36.7 Å². The molecule has 0 radical (unpaired) electrons. The highest BCUT2D eigenvalue weighted by Crippen LogP contribution is 2.20. The van der Waals surface area contributed by atoms with Crippen molar-refractivity contribution in [3.63, 3.8) is 0 Å². The summed E-state index contributed by atoms with van der Waals surface area (Å²) in [5.41, 5.74) is 1.85. The summed E-state index contributed by atoms with van der Waals surface area (Å²) in [6.45, 7) is 4.76. The van der Waals surface area contributed by atoms with E-state index in [9.17, 15) is 4.79 Å². The topological polar surface area (TPSA) is 66.6 Å². The second-order valence-electron chi connectivity index (χ2n) is 6.69. The molecule has 8 heteroatoms. The number of nitrogens with zero attached hydrogens (tertiary/aromatic N) is 6. The molecule has 0 spiro atoms. The first-order valence-corrected chi connectivity index (χ1v) is 9.43. The Kier molecular flexibility index (Phi) is 4.94. The van der Waals surface area contributed by atoms with Gasteiger partial charge in [-0.05, 0) is 31.0 Å². The second-order valence-corrected chi connectivity index (χ2v) is 7.13. The Morgan fingerprint density at radius 1 is 1.19 bits per heavy atom. The number of amides is 1. The summed E-state index contributed by atoms with van der Waals surface area (Å²) in [7, 11) is 0. The lowest BCUT2D eigenvalue weighted by Crippen LogP contribution is -2.49. The van der Waals surface area contributed by atoms with Gasteiger partial charge in [-0.15, -0.1) is 10.2 Å². The van der Waals surface area contributed by atoms with Gasteiger partial charge in [-0.25, -0.2) is 4.98 Å². The molecule has 7 nitrogen and oxygen atoms in total. The summed E-state index contributed by atoms with van der Waals surface area (Å²) in [4.78, 5) is 21.1. The number of carbonyl (C=O) groups is 1. The van der Waals surface area contributed by atoms with Gasteiger partial charge >= 0.3 is 0 Å². The number of piperazine rings is 1. The maximum Gasteiger partial charge on any atom is 0.223 e. The van der Waals surface area contributed by atoms with E-state index in [4.69, 9.17) is 11.6 Å². The maximum absolute atomic E-state index is 12.5. The molecule has 0 aliphatic carbocycles. The predicted molar refractivity (Wildman–Crippen MR) is 104 cm³/mol. The van der Waals surface area contributed by atoms with E-state index in [0.717, 1.165) is 35.9 Å². The van der Waals surface area contributed by atoms with Crippen molar-refractivity contribution in [2.24, 2.45) is 0 Å². The quantitative estimate of drug-likeness (QED) is 0.690. The molecule has 1 fully saturated rings. The highest BCUT2D eigenvalue weighted by Gasteiger charge is 2.23. The molecule has 140 valence electrons. The Morgan fingerprint density at radius 2 is 2.00 bits per heavy atom. The van der Waals surface area contributed by atoms with Gasteiger partial charge in [0.25, 0.3) is 0 Å². The second kappa shape index (κ2) is 7.52. The molecule has 1 amide bonds. The number of hydrogen-bond acceptors (Lipinski definition) is 5. The minimum absolute atomic E-state index is 0.180. The van der Waals surface area contributed by atoms with Crippen molar-refractivity contribution in [1.82, 2.24) is 24.5 Å². The van der Waals surface area contributed by atoms with Crippen LogP contribution in [0.1, 0.15) is 17.8 Å². The van der Waals surface area contributed by atoms with Crippen molar-refractivity contribution in [3.05, 3.63) is 53.1 Å². The van der Waals surface area contributed by atoms with E-state index in [0.29, 0.717) is 31.0 Å². The van der Waals surface area contributed by atoms with Gasteiger partial charge in [-0.2, -0.15) is 0 Å². The van der Waals surface area contributed by atoms with Crippen LogP contribution in [0.2, 0.25) is 5.02 Å². The van der Waals surface area contributed by atoms with Gasteiger partial charge < -0.3 is 9.80 Å². The van der Waals surface area contributed by atoms with Gasteiger partial charge in [0.15, 0.2) is 5.82 Å². The third kappa shape index (κ3) is 3.73. The number of aromatic nitrogens is 4. The molecule has 1 aliphatic rings. The van der Waals surface area contributed by atoms with E-state index in [1.807, 2.05) is 46.7 Å². The molecule has 3 aromatic rings. The molecule has 27 heavy (non-hydrogen) atoms. The molecule has 4 rings (SSSR count). The first-order valence-electron chi connectivity index (χ1n) is 9.05. The fourth-order valence-electron chi connectivity index (χ4n) is 3.42. The average molecular weight is 385 g/mol. The summed E-state index contributed by atoms with van der Waals surface area (Å²) < 4.78 is 1.94. The molecule has 1 aromatic carbocycles. The molecule has 0 atom stereocenters. The van der Waals surface area contributed by atoms with E-state index < -0.39 is 0 Å². The number of hydrogen-bond donors (Lipinski definition) is 0. The van der Waals surface area contributed by atoms with E-state index in [1.54, 1.807) is 6.20 Å². The molecule has 0 unspecified atom stereocenters. The predicted octanol–water partition coefficient (Wildman–Crippen LogP) is 2.37. The minimum atomic E-state index is 0.180. The van der Waals surface area contributed by atoms with Crippen molar-refractivity contribution in [3.8, 4) is 0 Å². The van der Waals surface area contributed by atoms with Crippen LogP contribution >= 0.6 is 11.6 Å². The summed E-state index contributed by atoms with van der Waals surface area (Å²) >= 11 is 6.01. The molecule has 3 heterocycles. The summed E-state index contributed by atoms with van der Waals surface area (Å²) in [5, 5.41) is 9.07. The maximum atomic E-state index is 12.5. The highest BCUT2D eigenvalue weighted by molar-refractivity contribution is 6.30. The van der Waals surface area contributed by atoms with Crippen LogP contribution < -0.4 is 4.90 Å². The average Bonchev–Trinajstić information content (AvgIpc) is 3.07. The van der Waals surface area contributed by atoms with Gasteiger partial charge in [-0.1, -0.05) is 23.7 Å². The SMILES string of the molecule is Cc1nnc2c(N3CCN(C(=O)CCc4cccc(Cl)c4)CC3)nccn12. The Bertz CT molecular complexity index is 964. The monoisotopic (exact) mass is 384 g/mol. The van der Waals surface area contributed by atoms with E-state index in [1.165, 1.54) is 0 Å². The molecule has 0 bridgehead atoms. The standard InChI is InChI=1S/C19H21ClN6O/c1-14-22-23-19-18(21-7-8-26(14)19)25-11-9-24(10-12-25)17(27)6-5-15-3-2-4-16(20)13-15/h2-4,7-8,13H,5-6,9-12H2,1H3. The van der Waals surface area contributed by atoms with Crippen LogP contribution in [-0.2, 0) is 11.2 Å². The number of aryl methyl sites for hydroxylation is 2. The molecule has 2 aromatic heterocycles. The zero-order chi connectivity index (χ0) is 18.8. The van der Waals surface area contributed by atoms with Crippen molar-refractivity contribution < 1.29 is 4.79 Å². The Labute approximate surface area is 162 Å². The first-order chi connectivity index (χ1) is 13.1. The van der Waals surface area contributed by atoms with Crippen LogP contribution in [0, 0.1) is 6.92 Å². The van der Waals surface area contributed by atoms with Crippen molar-refractivity contribution in [2.75, 3.05) is 31.1 Å². The van der Waals surface area contributed by atoms with Crippen molar-refractivity contribution in [1.29, 1.82) is 0 Å². The van der Waals surface area contributed by atoms with Gasteiger partial charge in [0, 0.05) is 50.0 Å². The van der Waals surface area contributed by atoms with E-state index >= 15 is 0 Å². The Hall–Kier alpha value is -2.67. The minimum Gasteiger partial charge on any atom is -0.350 e. The fraction of sp³-hybridized carbons (Fsp3) is 0.368. The molecule has 1 aliphatic heterocycles. The van der Waals surface area contributed by atoms with Crippen molar-refractivity contribution in [2.45, 2.75) is 19.8 Å². The molecule has 0 N–H and O–H groups in total. The van der Waals surface area contributed by atoms with Crippen LogP contribution in [0.25, 0.3) is 5.65 Å².